The number of carbonyl (C=O) groups is 1. The van der Waals surface area contributed by atoms with E-state index in [9.17, 15) is 13.2 Å². The average molecular weight is 380 g/mol. The Kier molecular flexibility index (Phi) is 7.34. The van der Waals surface area contributed by atoms with Crippen LogP contribution in [0.2, 0.25) is 0 Å². The van der Waals surface area contributed by atoms with Crippen LogP contribution in [-0.2, 0) is 14.8 Å². The minimum absolute atomic E-state index is 0.0861. The van der Waals surface area contributed by atoms with E-state index in [1.54, 1.807) is 6.21 Å². The zero-order valence-electron chi connectivity index (χ0n) is 15.8. The van der Waals surface area contributed by atoms with Gasteiger partial charge in [0.15, 0.2) is 0 Å². The van der Waals surface area contributed by atoms with E-state index in [-0.39, 0.29) is 12.6 Å². The monoisotopic (exact) mass is 379 g/mol. The average Bonchev–Trinajstić information content (AvgIpc) is 2.60. The van der Waals surface area contributed by atoms with Crippen LogP contribution in [0.25, 0.3) is 0 Å². The number of amides is 1. The molecular weight excluding hydrogens is 350 g/mol. The summed E-state index contributed by atoms with van der Waals surface area (Å²) in [4.78, 5) is 12.1. The highest BCUT2D eigenvalue weighted by molar-refractivity contribution is 7.88. The van der Waals surface area contributed by atoms with Gasteiger partial charge in [-0.2, -0.15) is 9.41 Å². The largest absolute Gasteiger partial charge is 0.272 e. The van der Waals surface area contributed by atoms with Crippen molar-refractivity contribution in [3.63, 3.8) is 0 Å². The lowest BCUT2D eigenvalue weighted by atomic mass is 9.95. The van der Waals surface area contributed by atoms with Crippen molar-refractivity contribution in [3.05, 3.63) is 35.4 Å². The Hall–Kier alpha value is -1.73. The Morgan fingerprint density at radius 2 is 1.85 bits per heavy atom. The zero-order chi connectivity index (χ0) is 19.2. The molecule has 1 amide bonds. The van der Waals surface area contributed by atoms with Crippen molar-refractivity contribution in [1.82, 2.24) is 9.73 Å². The van der Waals surface area contributed by atoms with E-state index in [0.29, 0.717) is 5.92 Å². The molecule has 0 radical (unpaired) electrons. The number of hydrazone groups is 1. The Morgan fingerprint density at radius 3 is 2.38 bits per heavy atom. The second kappa shape index (κ2) is 9.28. The van der Waals surface area contributed by atoms with Crippen LogP contribution in [0.5, 0.6) is 0 Å². The maximum Gasteiger partial charge on any atom is 0.255 e. The van der Waals surface area contributed by atoms with Crippen LogP contribution < -0.4 is 5.43 Å². The molecule has 0 aromatic heterocycles. The normalized spacial score (nSPS) is 16.5. The summed E-state index contributed by atoms with van der Waals surface area (Å²) in [6.45, 7) is 4.07. The molecule has 0 heterocycles. The summed E-state index contributed by atoms with van der Waals surface area (Å²) in [5, 5.41) is 3.95. The van der Waals surface area contributed by atoms with Crippen molar-refractivity contribution in [3.8, 4) is 0 Å². The molecule has 1 aromatic rings. The first-order valence-corrected chi connectivity index (χ1v) is 11.0. The van der Waals surface area contributed by atoms with Gasteiger partial charge in [0, 0.05) is 6.04 Å². The van der Waals surface area contributed by atoms with Crippen LogP contribution in [0.4, 0.5) is 0 Å². The highest BCUT2D eigenvalue weighted by atomic mass is 32.2. The van der Waals surface area contributed by atoms with Gasteiger partial charge in [-0.3, -0.25) is 4.79 Å². The number of hydrogen-bond donors (Lipinski definition) is 1. The Balaban J connectivity index is 1.93. The van der Waals surface area contributed by atoms with E-state index >= 15 is 0 Å². The number of hydrogen-bond acceptors (Lipinski definition) is 4. The number of nitrogens with one attached hydrogen (secondary N) is 1. The zero-order valence-corrected chi connectivity index (χ0v) is 16.6. The Bertz CT molecular complexity index is 721. The molecule has 0 spiro atoms. The van der Waals surface area contributed by atoms with Gasteiger partial charge in [0.2, 0.25) is 10.0 Å². The van der Waals surface area contributed by atoms with Gasteiger partial charge in [-0.25, -0.2) is 13.8 Å². The first-order valence-electron chi connectivity index (χ1n) is 9.16. The number of nitrogens with zero attached hydrogens (tertiary/aromatic N) is 2. The third-order valence-corrected chi connectivity index (χ3v) is 5.99. The number of carbonyl (C=O) groups excluding carboxylic acids is 1. The van der Waals surface area contributed by atoms with Gasteiger partial charge >= 0.3 is 0 Å². The second-order valence-electron chi connectivity index (χ2n) is 7.21. The molecule has 26 heavy (non-hydrogen) atoms. The molecule has 0 unspecified atom stereocenters. The van der Waals surface area contributed by atoms with Crippen molar-refractivity contribution < 1.29 is 13.2 Å². The van der Waals surface area contributed by atoms with E-state index in [1.807, 2.05) is 24.3 Å². The molecule has 1 aliphatic rings. The van der Waals surface area contributed by atoms with E-state index in [1.165, 1.54) is 9.87 Å². The van der Waals surface area contributed by atoms with Gasteiger partial charge in [0.05, 0.1) is 19.0 Å². The van der Waals surface area contributed by atoms with Crippen molar-refractivity contribution in [1.29, 1.82) is 0 Å². The van der Waals surface area contributed by atoms with Crippen molar-refractivity contribution >= 4 is 22.1 Å². The van der Waals surface area contributed by atoms with Gasteiger partial charge in [-0.15, -0.1) is 0 Å². The van der Waals surface area contributed by atoms with Crippen LogP contribution >= 0.6 is 0 Å². The van der Waals surface area contributed by atoms with E-state index < -0.39 is 15.9 Å². The summed E-state index contributed by atoms with van der Waals surface area (Å²) in [6.07, 6.45) is 7.48. The lowest BCUT2D eigenvalue weighted by Crippen LogP contribution is -2.45. The minimum atomic E-state index is -3.43. The highest BCUT2D eigenvalue weighted by Crippen LogP contribution is 2.24. The quantitative estimate of drug-likeness (QED) is 0.584. The molecule has 1 fully saturated rings. The number of benzene rings is 1. The van der Waals surface area contributed by atoms with Gasteiger partial charge in [0.1, 0.15) is 0 Å². The molecule has 0 bridgehead atoms. The molecule has 7 heteroatoms. The van der Waals surface area contributed by atoms with Gasteiger partial charge in [-0.1, -0.05) is 57.4 Å². The third kappa shape index (κ3) is 6.21. The molecule has 0 saturated heterocycles. The summed E-state index contributed by atoms with van der Waals surface area (Å²) >= 11 is 0. The van der Waals surface area contributed by atoms with Crippen LogP contribution in [0, 0.1) is 0 Å². The summed E-state index contributed by atoms with van der Waals surface area (Å²) in [5.41, 5.74) is 4.55. The van der Waals surface area contributed by atoms with Crippen LogP contribution in [-0.4, -0.2) is 43.7 Å². The molecule has 1 aromatic carbocycles. The SMILES string of the molecule is CC(C)c1ccc(C=NNC(=O)CN(C2CCCCC2)S(C)(=O)=O)cc1. The predicted molar refractivity (Wildman–Crippen MR) is 105 cm³/mol. The first-order chi connectivity index (χ1) is 12.3. The van der Waals surface area contributed by atoms with Crippen molar-refractivity contribution in [2.75, 3.05) is 12.8 Å². The summed E-state index contributed by atoms with van der Waals surface area (Å²) in [5.74, 6) is 0.0403. The Labute approximate surface area is 156 Å². The molecule has 1 N–H and O–H groups in total. The van der Waals surface area contributed by atoms with E-state index in [2.05, 4.69) is 24.4 Å². The molecule has 0 aliphatic heterocycles. The summed E-state index contributed by atoms with van der Waals surface area (Å²) in [6, 6.07) is 7.85. The van der Waals surface area contributed by atoms with Crippen LogP contribution in [0.1, 0.15) is 63.0 Å². The molecule has 1 aliphatic carbocycles. The topological polar surface area (TPSA) is 78.8 Å². The maximum absolute atomic E-state index is 12.1. The van der Waals surface area contributed by atoms with Crippen LogP contribution in [0.15, 0.2) is 29.4 Å². The lowest BCUT2D eigenvalue weighted by Gasteiger charge is -2.31. The van der Waals surface area contributed by atoms with Crippen molar-refractivity contribution in [2.24, 2.45) is 5.10 Å². The molecular formula is C19H29N3O3S. The summed E-state index contributed by atoms with van der Waals surface area (Å²) < 4.78 is 25.4. The lowest BCUT2D eigenvalue weighted by molar-refractivity contribution is -0.121. The molecule has 144 valence electrons. The minimum Gasteiger partial charge on any atom is -0.272 e. The first kappa shape index (κ1) is 20.6. The van der Waals surface area contributed by atoms with Crippen LogP contribution in [0.3, 0.4) is 0 Å². The molecule has 6 nitrogen and oxygen atoms in total. The fourth-order valence-corrected chi connectivity index (χ4v) is 4.31. The Morgan fingerprint density at radius 1 is 1.23 bits per heavy atom. The van der Waals surface area contributed by atoms with E-state index in [0.717, 1.165) is 43.9 Å². The molecule has 0 atom stereocenters. The number of rotatable bonds is 7. The molecule has 2 rings (SSSR count). The van der Waals surface area contributed by atoms with Gasteiger partial charge < -0.3 is 0 Å². The smallest absolute Gasteiger partial charge is 0.255 e. The summed E-state index contributed by atoms with van der Waals surface area (Å²) in [7, 11) is -3.43. The molecule has 1 saturated carbocycles. The third-order valence-electron chi connectivity index (χ3n) is 4.71. The fraction of sp³-hybridized carbons (Fsp3) is 0.579. The van der Waals surface area contributed by atoms with Crippen molar-refractivity contribution in [2.45, 2.75) is 57.9 Å². The van der Waals surface area contributed by atoms with Gasteiger partial charge in [0.25, 0.3) is 5.91 Å². The fourth-order valence-electron chi connectivity index (χ4n) is 3.21. The van der Waals surface area contributed by atoms with Gasteiger partial charge in [-0.05, 0) is 29.9 Å². The second-order valence-corrected chi connectivity index (χ2v) is 9.15. The highest BCUT2D eigenvalue weighted by Gasteiger charge is 2.29. The predicted octanol–water partition coefficient (Wildman–Crippen LogP) is 2.85. The maximum atomic E-state index is 12.1. The van der Waals surface area contributed by atoms with E-state index in [4.69, 9.17) is 0 Å². The number of sulfonamides is 1. The standard InChI is InChI=1S/C19H29N3O3S/c1-15(2)17-11-9-16(10-12-17)13-20-21-19(23)14-22(26(3,24)25)18-7-5-4-6-8-18/h9-13,15,18H,4-8,14H2,1-3H3,(H,21,23).